The van der Waals surface area contributed by atoms with Crippen LogP contribution < -0.4 is 5.73 Å². The number of nitrogens with two attached hydrogens (primary N) is 1. The third-order valence-electron chi connectivity index (χ3n) is 3.14. The molecule has 19 heavy (non-hydrogen) atoms. The van der Waals surface area contributed by atoms with Gasteiger partial charge in [-0.1, -0.05) is 6.07 Å². The maximum atomic E-state index is 13.2. The lowest BCUT2D eigenvalue weighted by atomic mass is 10.2. The van der Waals surface area contributed by atoms with Gasteiger partial charge in [0.25, 0.3) is 0 Å². The predicted octanol–water partition coefficient (Wildman–Crippen LogP) is 2.23. The fourth-order valence-electron chi connectivity index (χ4n) is 2.16. The van der Waals surface area contributed by atoms with E-state index in [0.29, 0.717) is 17.9 Å². The number of nitrogens with zero attached hydrogens (tertiary/aromatic N) is 3. The summed E-state index contributed by atoms with van der Waals surface area (Å²) < 4.78 is 15.2. The summed E-state index contributed by atoms with van der Waals surface area (Å²) in [6, 6.07) is 7.32. The quantitative estimate of drug-likeness (QED) is 0.765. The van der Waals surface area contributed by atoms with Gasteiger partial charge < -0.3 is 10.3 Å². The van der Waals surface area contributed by atoms with Crippen molar-refractivity contribution in [3.8, 4) is 11.4 Å². The fraction of sp³-hybridized carbons (Fsp3) is 0.143. The highest BCUT2D eigenvalue weighted by atomic mass is 19.1. The van der Waals surface area contributed by atoms with E-state index in [1.54, 1.807) is 6.20 Å². The molecule has 5 heteroatoms. The molecule has 1 aromatic carbocycles. The number of hydrogen-bond acceptors (Lipinski definition) is 3. The van der Waals surface area contributed by atoms with E-state index in [1.165, 1.54) is 12.3 Å². The van der Waals surface area contributed by atoms with Gasteiger partial charge in [0.15, 0.2) is 0 Å². The number of imidazole rings is 1. The molecule has 2 heterocycles. The summed E-state index contributed by atoms with van der Waals surface area (Å²) >= 11 is 0. The number of aromatic nitrogens is 3. The van der Waals surface area contributed by atoms with Crippen molar-refractivity contribution in [2.24, 2.45) is 12.8 Å². The van der Waals surface area contributed by atoms with Gasteiger partial charge >= 0.3 is 0 Å². The van der Waals surface area contributed by atoms with Crippen molar-refractivity contribution in [1.29, 1.82) is 0 Å². The van der Waals surface area contributed by atoms with Crippen LogP contribution in [0.5, 0.6) is 0 Å². The maximum absolute atomic E-state index is 13.2. The van der Waals surface area contributed by atoms with E-state index in [-0.39, 0.29) is 5.82 Å². The van der Waals surface area contributed by atoms with Crippen molar-refractivity contribution in [1.82, 2.24) is 14.5 Å². The van der Waals surface area contributed by atoms with Gasteiger partial charge in [0.05, 0.1) is 17.2 Å². The van der Waals surface area contributed by atoms with Crippen LogP contribution in [-0.4, -0.2) is 14.5 Å². The summed E-state index contributed by atoms with van der Waals surface area (Å²) in [4.78, 5) is 8.39. The Kier molecular flexibility index (Phi) is 2.76. The first kappa shape index (κ1) is 11.8. The van der Waals surface area contributed by atoms with Crippen molar-refractivity contribution >= 4 is 11.0 Å². The van der Waals surface area contributed by atoms with Gasteiger partial charge in [-0.2, -0.15) is 0 Å². The van der Waals surface area contributed by atoms with Crippen LogP contribution in [0.15, 0.2) is 36.7 Å². The predicted molar refractivity (Wildman–Crippen MR) is 71.8 cm³/mol. The van der Waals surface area contributed by atoms with Crippen LogP contribution in [-0.2, 0) is 13.6 Å². The second kappa shape index (κ2) is 4.44. The molecule has 0 saturated heterocycles. The standard InChI is InChI=1S/C14H13FN4/c1-19-13-3-2-9(6-16)4-12(13)18-14(19)10-5-11(15)8-17-7-10/h2-5,7-8H,6,16H2,1H3. The smallest absolute Gasteiger partial charge is 0.142 e. The Morgan fingerprint density at radius 1 is 1.26 bits per heavy atom. The highest BCUT2D eigenvalue weighted by Gasteiger charge is 2.11. The average Bonchev–Trinajstić information content (AvgIpc) is 2.75. The lowest BCUT2D eigenvalue weighted by Crippen LogP contribution is -1.96. The Morgan fingerprint density at radius 2 is 2.11 bits per heavy atom. The summed E-state index contributed by atoms with van der Waals surface area (Å²) in [5.41, 5.74) is 9.14. The molecule has 0 unspecified atom stereocenters. The molecular formula is C14H13FN4. The zero-order valence-electron chi connectivity index (χ0n) is 10.5. The Labute approximate surface area is 109 Å². The molecule has 2 aromatic heterocycles. The zero-order valence-corrected chi connectivity index (χ0v) is 10.5. The first-order valence-corrected chi connectivity index (χ1v) is 5.95. The van der Waals surface area contributed by atoms with Gasteiger partial charge in [0.2, 0.25) is 0 Å². The molecule has 0 spiro atoms. The molecule has 0 saturated carbocycles. The molecule has 0 aliphatic heterocycles. The third kappa shape index (κ3) is 1.98. The monoisotopic (exact) mass is 256 g/mol. The van der Waals surface area contributed by atoms with Crippen LogP contribution in [0.4, 0.5) is 4.39 Å². The van der Waals surface area contributed by atoms with Crippen molar-refractivity contribution in [2.45, 2.75) is 6.54 Å². The molecule has 3 rings (SSSR count). The maximum Gasteiger partial charge on any atom is 0.142 e. The van der Waals surface area contributed by atoms with E-state index in [1.807, 2.05) is 29.8 Å². The van der Waals surface area contributed by atoms with Crippen LogP contribution >= 0.6 is 0 Å². The fourth-order valence-corrected chi connectivity index (χ4v) is 2.16. The second-order valence-corrected chi connectivity index (χ2v) is 4.41. The van der Waals surface area contributed by atoms with Gasteiger partial charge in [-0.05, 0) is 23.8 Å². The first-order chi connectivity index (χ1) is 9.19. The molecule has 4 nitrogen and oxygen atoms in total. The Bertz CT molecular complexity index is 748. The normalized spacial score (nSPS) is 11.1. The van der Waals surface area contributed by atoms with Crippen LogP contribution in [0, 0.1) is 5.82 Å². The van der Waals surface area contributed by atoms with E-state index in [9.17, 15) is 4.39 Å². The number of halogens is 1. The van der Waals surface area contributed by atoms with Gasteiger partial charge in [0.1, 0.15) is 11.6 Å². The van der Waals surface area contributed by atoms with Crippen molar-refractivity contribution in [3.63, 3.8) is 0 Å². The molecule has 0 fully saturated rings. The number of pyridine rings is 1. The van der Waals surface area contributed by atoms with Crippen molar-refractivity contribution in [2.75, 3.05) is 0 Å². The molecule has 3 aromatic rings. The minimum atomic E-state index is -0.368. The number of benzene rings is 1. The van der Waals surface area contributed by atoms with Crippen LogP contribution in [0.25, 0.3) is 22.4 Å². The molecule has 0 radical (unpaired) electrons. The highest BCUT2D eigenvalue weighted by Crippen LogP contribution is 2.24. The summed E-state index contributed by atoms with van der Waals surface area (Å²) in [6.45, 7) is 0.476. The third-order valence-corrected chi connectivity index (χ3v) is 3.14. The van der Waals surface area contributed by atoms with Gasteiger partial charge in [0, 0.05) is 25.4 Å². The number of fused-ring (bicyclic) bond motifs is 1. The second-order valence-electron chi connectivity index (χ2n) is 4.41. The minimum absolute atomic E-state index is 0.368. The molecule has 96 valence electrons. The number of rotatable bonds is 2. The number of hydrogen-bond donors (Lipinski definition) is 1. The van der Waals surface area contributed by atoms with E-state index < -0.39 is 0 Å². The SMILES string of the molecule is Cn1c(-c2cncc(F)c2)nc2cc(CN)ccc21. The average molecular weight is 256 g/mol. The lowest BCUT2D eigenvalue weighted by Gasteiger charge is -2.02. The van der Waals surface area contributed by atoms with Crippen LogP contribution in [0.2, 0.25) is 0 Å². The molecule has 0 aliphatic rings. The zero-order chi connectivity index (χ0) is 13.4. The molecule has 0 amide bonds. The summed E-state index contributed by atoms with van der Waals surface area (Å²) in [5, 5.41) is 0. The lowest BCUT2D eigenvalue weighted by molar-refractivity contribution is 0.621. The Morgan fingerprint density at radius 3 is 2.84 bits per heavy atom. The Hall–Kier alpha value is -2.27. The highest BCUT2D eigenvalue weighted by molar-refractivity contribution is 5.81. The molecule has 0 aliphatic carbocycles. The first-order valence-electron chi connectivity index (χ1n) is 5.95. The number of aryl methyl sites for hydroxylation is 1. The van der Waals surface area contributed by atoms with E-state index in [0.717, 1.165) is 16.6 Å². The largest absolute Gasteiger partial charge is 0.327 e. The summed E-state index contributed by atoms with van der Waals surface area (Å²) in [6.07, 6.45) is 2.78. The van der Waals surface area contributed by atoms with E-state index in [4.69, 9.17) is 5.73 Å². The molecule has 2 N–H and O–H groups in total. The minimum Gasteiger partial charge on any atom is -0.327 e. The van der Waals surface area contributed by atoms with Crippen molar-refractivity contribution < 1.29 is 4.39 Å². The van der Waals surface area contributed by atoms with Crippen LogP contribution in [0.1, 0.15) is 5.56 Å². The topological polar surface area (TPSA) is 56.7 Å². The molecule has 0 bridgehead atoms. The Balaban J connectivity index is 2.22. The summed E-state index contributed by atoms with van der Waals surface area (Å²) in [7, 11) is 1.90. The summed E-state index contributed by atoms with van der Waals surface area (Å²) in [5.74, 6) is 0.323. The van der Waals surface area contributed by atoms with E-state index >= 15 is 0 Å². The molecular weight excluding hydrogens is 243 g/mol. The van der Waals surface area contributed by atoms with Gasteiger partial charge in [-0.25, -0.2) is 9.37 Å². The van der Waals surface area contributed by atoms with Gasteiger partial charge in [-0.15, -0.1) is 0 Å². The van der Waals surface area contributed by atoms with E-state index in [2.05, 4.69) is 9.97 Å². The molecule has 0 atom stereocenters. The van der Waals surface area contributed by atoms with Crippen molar-refractivity contribution in [3.05, 3.63) is 48.0 Å². The van der Waals surface area contributed by atoms with Gasteiger partial charge in [-0.3, -0.25) is 4.98 Å². The van der Waals surface area contributed by atoms with Crippen LogP contribution in [0.3, 0.4) is 0 Å².